The third kappa shape index (κ3) is 2.29. The van der Waals surface area contributed by atoms with Crippen molar-refractivity contribution in [3.63, 3.8) is 0 Å². The summed E-state index contributed by atoms with van der Waals surface area (Å²) in [5.41, 5.74) is 3.32. The van der Waals surface area contributed by atoms with E-state index in [9.17, 15) is 0 Å². The van der Waals surface area contributed by atoms with Crippen LogP contribution < -0.4 is 5.32 Å². The van der Waals surface area contributed by atoms with Crippen molar-refractivity contribution in [2.24, 2.45) is 0 Å². The Kier molecular flexibility index (Phi) is 3.01. The molecule has 0 unspecified atom stereocenters. The molecule has 0 atom stereocenters. The number of aryl methyl sites for hydroxylation is 1. The van der Waals surface area contributed by atoms with Gasteiger partial charge in [0.1, 0.15) is 17.5 Å². The first-order valence-corrected chi connectivity index (χ1v) is 6.15. The van der Waals surface area contributed by atoms with E-state index in [-0.39, 0.29) is 0 Å². The quantitative estimate of drug-likeness (QED) is 0.781. The second kappa shape index (κ2) is 4.97. The summed E-state index contributed by atoms with van der Waals surface area (Å²) in [7, 11) is 0. The highest BCUT2D eigenvalue weighted by Crippen LogP contribution is 2.11. The number of aromatic nitrogens is 4. The number of anilines is 1. The molecule has 3 heterocycles. The molecule has 0 bridgehead atoms. The highest BCUT2D eigenvalue weighted by molar-refractivity contribution is 5.48. The van der Waals surface area contributed by atoms with Gasteiger partial charge >= 0.3 is 0 Å². The Morgan fingerprint density at radius 2 is 2.25 bits per heavy atom. The van der Waals surface area contributed by atoms with Crippen LogP contribution in [0.1, 0.15) is 17.0 Å². The molecule has 0 aliphatic rings. The molecular weight excluding hydrogens is 252 g/mol. The lowest BCUT2D eigenvalue weighted by Crippen LogP contribution is -2.02. The summed E-state index contributed by atoms with van der Waals surface area (Å²) in [6.45, 7) is 2.59. The molecule has 98 valence electrons. The summed E-state index contributed by atoms with van der Waals surface area (Å²) in [5.74, 6) is 0.623. The number of nitrogens with zero attached hydrogens (tertiary/aromatic N) is 5. The van der Waals surface area contributed by atoms with Gasteiger partial charge in [0.25, 0.3) is 0 Å². The second-order valence-electron chi connectivity index (χ2n) is 4.41. The van der Waals surface area contributed by atoms with Gasteiger partial charge in [0.05, 0.1) is 24.6 Å². The summed E-state index contributed by atoms with van der Waals surface area (Å²) < 4.78 is 2.00. The van der Waals surface area contributed by atoms with Gasteiger partial charge in [0.2, 0.25) is 0 Å². The number of hydrogen-bond acceptors (Lipinski definition) is 5. The first-order valence-electron chi connectivity index (χ1n) is 6.15. The van der Waals surface area contributed by atoms with Gasteiger partial charge in [0, 0.05) is 12.4 Å². The van der Waals surface area contributed by atoms with Crippen LogP contribution in [0.25, 0.3) is 5.65 Å². The molecule has 0 aromatic carbocycles. The molecule has 6 nitrogen and oxygen atoms in total. The predicted octanol–water partition coefficient (Wildman–Crippen LogP) is 1.92. The Bertz CT molecular complexity index is 782. The standard InChI is InChI=1S/C14H12N6/c1-10-3-2-4-20-9-12(19-14(10)20)7-18-13-8-16-11(5-15)6-17-13/h2-4,6,8-9H,7H2,1H3,(H,17,18). The number of fused-ring (bicyclic) bond motifs is 1. The highest BCUT2D eigenvalue weighted by Gasteiger charge is 2.04. The van der Waals surface area contributed by atoms with Crippen molar-refractivity contribution in [2.45, 2.75) is 13.5 Å². The van der Waals surface area contributed by atoms with Gasteiger partial charge < -0.3 is 9.72 Å². The minimum absolute atomic E-state index is 0.305. The van der Waals surface area contributed by atoms with Crippen molar-refractivity contribution in [1.29, 1.82) is 5.26 Å². The van der Waals surface area contributed by atoms with Crippen molar-refractivity contribution < 1.29 is 0 Å². The van der Waals surface area contributed by atoms with Crippen LogP contribution >= 0.6 is 0 Å². The van der Waals surface area contributed by atoms with E-state index >= 15 is 0 Å². The van der Waals surface area contributed by atoms with Crippen LogP contribution in [0, 0.1) is 18.3 Å². The number of pyridine rings is 1. The van der Waals surface area contributed by atoms with E-state index < -0.39 is 0 Å². The molecule has 0 aliphatic heterocycles. The van der Waals surface area contributed by atoms with Crippen LogP contribution in [0.15, 0.2) is 36.9 Å². The maximum absolute atomic E-state index is 8.66. The molecule has 0 aliphatic carbocycles. The Labute approximate surface area is 115 Å². The molecule has 0 saturated carbocycles. The number of imidazole rings is 1. The fourth-order valence-corrected chi connectivity index (χ4v) is 1.95. The van der Waals surface area contributed by atoms with E-state index in [2.05, 4.69) is 20.3 Å². The van der Waals surface area contributed by atoms with Crippen molar-refractivity contribution >= 4 is 11.5 Å². The first-order chi connectivity index (χ1) is 9.76. The average molecular weight is 264 g/mol. The van der Waals surface area contributed by atoms with E-state index in [0.717, 1.165) is 16.9 Å². The minimum Gasteiger partial charge on any atom is -0.363 e. The number of nitriles is 1. The summed E-state index contributed by atoms with van der Waals surface area (Å²) in [6, 6.07) is 5.96. The highest BCUT2D eigenvalue weighted by atomic mass is 15.0. The van der Waals surface area contributed by atoms with Crippen molar-refractivity contribution in [3.8, 4) is 6.07 Å². The molecule has 3 rings (SSSR count). The maximum Gasteiger partial charge on any atom is 0.158 e. The normalized spacial score (nSPS) is 10.4. The number of nitrogens with one attached hydrogen (secondary N) is 1. The zero-order valence-electron chi connectivity index (χ0n) is 10.9. The fourth-order valence-electron chi connectivity index (χ4n) is 1.95. The molecule has 0 spiro atoms. The van der Waals surface area contributed by atoms with Crippen LogP contribution in [0.3, 0.4) is 0 Å². The van der Waals surface area contributed by atoms with Crippen LogP contribution in [-0.4, -0.2) is 19.4 Å². The number of rotatable bonds is 3. The SMILES string of the molecule is Cc1cccn2cc(CNc3cnc(C#N)cn3)nc12. The lowest BCUT2D eigenvalue weighted by molar-refractivity contribution is 1.04. The third-order valence-corrected chi connectivity index (χ3v) is 2.94. The Balaban J connectivity index is 1.76. The van der Waals surface area contributed by atoms with Gasteiger partial charge in [-0.1, -0.05) is 6.07 Å². The molecule has 20 heavy (non-hydrogen) atoms. The summed E-state index contributed by atoms with van der Waals surface area (Å²) in [4.78, 5) is 12.6. The van der Waals surface area contributed by atoms with Gasteiger partial charge in [0.15, 0.2) is 5.69 Å². The Morgan fingerprint density at radius 1 is 1.35 bits per heavy atom. The fraction of sp³-hybridized carbons (Fsp3) is 0.143. The smallest absolute Gasteiger partial charge is 0.158 e. The van der Waals surface area contributed by atoms with E-state index in [4.69, 9.17) is 5.26 Å². The van der Waals surface area contributed by atoms with E-state index in [1.807, 2.05) is 41.9 Å². The van der Waals surface area contributed by atoms with Gasteiger partial charge in [-0.25, -0.2) is 15.0 Å². The topological polar surface area (TPSA) is 78.9 Å². The van der Waals surface area contributed by atoms with Crippen LogP contribution in [-0.2, 0) is 6.54 Å². The van der Waals surface area contributed by atoms with Crippen molar-refractivity contribution in [3.05, 3.63) is 53.9 Å². The van der Waals surface area contributed by atoms with Gasteiger partial charge in [-0.15, -0.1) is 0 Å². The molecule has 3 aromatic rings. The lowest BCUT2D eigenvalue weighted by Gasteiger charge is -2.01. The molecular formula is C14H12N6. The molecule has 3 aromatic heterocycles. The Hall–Kier alpha value is -2.94. The molecule has 0 fully saturated rings. The largest absolute Gasteiger partial charge is 0.363 e. The zero-order valence-corrected chi connectivity index (χ0v) is 10.9. The van der Waals surface area contributed by atoms with Crippen LogP contribution in [0.5, 0.6) is 0 Å². The zero-order chi connectivity index (χ0) is 13.9. The summed E-state index contributed by atoms with van der Waals surface area (Å²) >= 11 is 0. The van der Waals surface area contributed by atoms with E-state index in [1.54, 1.807) is 6.20 Å². The number of hydrogen-bond donors (Lipinski definition) is 1. The van der Waals surface area contributed by atoms with Crippen LogP contribution in [0.2, 0.25) is 0 Å². The van der Waals surface area contributed by atoms with Crippen LogP contribution in [0.4, 0.5) is 5.82 Å². The molecule has 0 saturated heterocycles. The van der Waals surface area contributed by atoms with E-state index in [0.29, 0.717) is 18.1 Å². The maximum atomic E-state index is 8.66. The third-order valence-electron chi connectivity index (χ3n) is 2.94. The lowest BCUT2D eigenvalue weighted by atomic mass is 10.3. The molecule has 0 radical (unpaired) electrons. The monoisotopic (exact) mass is 264 g/mol. The van der Waals surface area contributed by atoms with Gasteiger partial charge in [-0.3, -0.25) is 0 Å². The minimum atomic E-state index is 0.305. The second-order valence-corrected chi connectivity index (χ2v) is 4.41. The van der Waals surface area contributed by atoms with Crippen molar-refractivity contribution in [2.75, 3.05) is 5.32 Å². The average Bonchev–Trinajstić information content (AvgIpc) is 2.90. The first kappa shape index (κ1) is 12.1. The van der Waals surface area contributed by atoms with Gasteiger partial charge in [-0.2, -0.15) is 5.26 Å². The summed E-state index contributed by atoms with van der Waals surface area (Å²) in [6.07, 6.45) is 6.93. The van der Waals surface area contributed by atoms with Gasteiger partial charge in [-0.05, 0) is 18.6 Å². The predicted molar refractivity (Wildman–Crippen MR) is 74.0 cm³/mol. The molecule has 1 N–H and O–H groups in total. The summed E-state index contributed by atoms with van der Waals surface area (Å²) in [5, 5.41) is 11.8. The van der Waals surface area contributed by atoms with E-state index in [1.165, 1.54) is 6.20 Å². The molecule has 6 heteroatoms. The van der Waals surface area contributed by atoms with Crippen molar-refractivity contribution in [1.82, 2.24) is 19.4 Å². The Morgan fingerprint density at radius 3 is 2.95 bits per heavy atom. The molecule has 0 amide bonds.